The Morgan fingerprint density at radius 1 is 1.08 bits per heavy atom. The Morgan fingerprint density at radius 2 is 1.96 bits per heavy atom. The lowest BCUT2D eigenvalue weighted by Crippen LogP contribution is -2.39. The highest BCUT2D eigenvalue weighted by atomic mass is 15.2. The van der Waals surface area contributed by atoms with E-state index in [4.69, 9.17) is 0 Å². The molecule has 1 aliphatic carbocycles. The molecule has 1 unspecified atom stereocenters. The molecule has 4 nitrogen and oxygen atoms in total. The SMILES string of the molecule is c1ccc2c3c([nH]c2c1)C(C1CCCCC1)N(Cc1ccn[nH]1)CC3. The van der Waals surface area contributed by atoms with Crippen molar-refractivity contribution in [2.75, 3.05) is 6.54 Å². The van der Waals surface area contributed by atoms with Crippen LogP contribution >= 0.6 is 0 Å². The molecule has 3 aromatic rings. The van der Waals surface area contributed by atoms with Crippen molar-refractivity contribution in [1.29, 1.82) is 0 Å². The van der Waals surface area contributed by atoms with E-state index in [2.05, 4.69) is 50.4 Å². The molecule has 0 saturated heterocycles. The van der Waals surface area contributed by atoms with Crippen LogP contribution in [-0.4, -0.2) is 26.6 Å². The number of H-pyrrole nitrogens is 2. The summed E-state index contributed by atoms with van der Waals surface area (Å²) in [6.45, 7) is 2.10. The van der Waals surface area contributed by atoms with Gasteiger partial charge in [-0.05, 0) is 42.9 Å². The summed E-state index contributed by atoms with van der Waals surface area (Å²) in [6.07, 6.45) is 9.89. The fraction of sp³-hybridized carbons (Fsp3) is 0.476. The summed E-state index contributed by atoms with van der Waals surface area (Å²) in [4.78, 5) is 6.49. The summed E-state index contributed by atoms with van der Waals surface area (Å²) in [7, 11) is 0. The summed E-state index contributed by atoms with van der Waals surface area (Å²) in [6, 6.07) is 11.4. The number of aromatic amines is 2. The molecule has 130 valence electrons. The highest BCUT2D eigenvalue weighted by Crippen LogP contribution is 2.43. The van der Waals surface area contributed by atoms with E-state index in [9.17, 15) is 0 Å². The van der Waals surface area contributed by atoms with Crippen LogP contribution in [0.5, 0.6) is 0 Å². The van der Waals surface area contributed by atoms with Gasteiger partial charge in [-0.3, -0.25) is 10.00 Å². The topological polar surface area (TPSA) is 47.7 Å². The van der Waals surface area contributed by atoms with E-state index in [1.54, 1.807) is 5.56 Å². The zero-order valence-electron chi connectivity index (χ0n) is 14.7. The van der Waals surface area contributed by atoms with E-state index in [0.29, 0.717) is 6.04 Å². The average molecular weight is 334 g/mol. The minimum atomic E-state index is 0.514. The molecule has 3 heterocycles. The van der Waals surface area contributed by atoms with Gasteiger partial charge in [0.15, 0.2) is 0 Å². The number of nitrogens with zero attached hydrogens (tertiary/aromatic N) is 2. The fourth-order valence-electron chi connectivity index (χ4n) is 5.07. The second-order valence-electron chi connectivity index (χ2n) is 7.71. The lowest BCUT2D eigenvalue weighted by Gasteiger charge is -2.41. The van der Waals surface area contributed by atoms with Crippen LogP contribution in [0.1, 0.15) is 55.1 Å². The normalized spacial score (nSPS) is 22.3. The minimum Gasteiger partial charge on any atom is -0.357 e. The number of fused-ring (bicyclic) bond motifs is 3. The summed E-state index contributed by atoms with van der Waals surface area (Å²) >= 11 is 0. The summed E-state index contributed by atoms with van der Waals surface area (Å²) in [5.74, 6) is 0.767. The Bertz CT molecular complexity index is 842. The molecule has 0 spiro atoms. The van der Waals surface area contributed by atoms with Gasteiger partial charge in [-0.1, -0.05) is 37.5 Å². The monoisotopic (exact) mass is 334 g/mol. The van der Waals surface area contributed by atoms with Crippen molar-refractivity contribution < 1.29 is 0 Å². The molecular formula is C21H26N4. The van der Waals surface area contributed by atoms with Crippen LogP contribution < -0.4 is 0 Å². The second kappa shape index (κ2) is 6.34. The molecule has 25 heavy (non-hydrogen) atoms. The Morgan fingerprint density at radius 3 is 2.80 bits per heavy atom. The number of nitrogens with one attached hydrogen (secondary N) is 2. The summed E-state index contributed by atoms with van der Waals surface area (Å²) < 4.78 is 0. The van der Waals surface area contributed by atoms with E-state index in [1.165, 1.54) is 54.4 Å². The molecular weight excluding hydrogens is 308 g/mol. The third kappa shape index (κ3) is 2.69. The molecule has 1 aliphatic heterocycles. The molecule has 4 heteroatoms. The maximum atomic E-state index is 4.14. The quantitative estimate of drug-likeness (QED) is 0.737. The number of aromatic nitrogens is 3. The number of rotatable bonds is 3. The predicted molar refractivity (Wildman–Crippen MR) is 100 cm³/mol. The van der Waals surface area contributed by atoms with Crippen molar-refractivity contribution in [2.24, 2.45) is 5.92 Å². The molecule has 0 radical (unpaired) electrons. The lowest BCUT2D eigenvalue weighted by molar-refractivity contribution is 0.0962. The van der Waals surface area contributed by atoms with E-state index in [1.807, 2.05) is 6.20 Å². The Labute approximate surface area is 148 Å². The molecule has 5 rings (SSSR count). The first kappa shape index (κ1) is 15.2. The highest BCUT2D eigenvalue weighted by molar-refractivity contribution is 5.85. The maximum absolute atomic E-state index is 4.14. The van der Waals surface area contributed by atoms with Gasteiger partial charge in [0.25, 0.3) is 0 Å². The number of hydrogen-bond acceptors (Lipinski definition) is 2. The van der Waals surface area contributed by atoms with Crippen LogP contribution in [0.15, 0.2) is 36.5 Å². The molecule has 1 atom stereocenters. The fourth-order valence-corrected chi connectivity index (χ4v) is 5.07. The van der Waals surface area contributed by atoms with Gasteiger partial charge in [-0.2, -0.15) is 5.10 Å². The Hall–Kier alpha value is -2.07. The molecule has 0 amide bonds. The largest absolute Gasteiger partial charge is 0.357 e. The van der Waals surface area contributed by atoms with Crippen molar-refractivity contribution >= 4 is 10.9 Å². The van der Waals surface area contributed by atoms with E-state index in [-0.39, 0.29) is 0 Å². The Kier molecular flexibility index (Phi) is 3.86. The maximum Gasteiger partial charge on any atom is 0.0533 e. The zero-order valence-corrected chi connectivity index (χ0v) is 14.7. The third-order valence-corrected chi connectivity index (χ3v) is 6.21. The van der Waals surface area contributed by atoms with E-state index in [0.717, 1.165) is 25.4 Å². The van der Waals surface area contributed by atoms with Gasteiger partial charge < -0.3 is 4.98 Å². The summed E-state index contributed by atoms with van der Waals surface area (Å²) in [5, 5.41) is 8.73. The minimum absolute atomic E-state index is 0.514. The molecule has 2 aromatic heterocycles. The molecule has 0 bridgehead atoms. The molecule has 2 aliphatic rings. The lowest BCUT2D eigenvalue weighted by atomic mass is 9.79. The van der Waals surface area contributed by atoms with Crippen LogP contribution in [0.25, 0.3) is 10.9 Å². The van der Waals surface area contributed by atoms with Crippen molar-refractivity contribution in [2.45, 2.75) is 51.1 Å². The standard InChI is InChI=1S/C21H26N4/c1-2-6-15(7-3-1)21-20-18(17-8-4-5-9-19(17)23-20)11-13-25(21)14-16-10-12-22-24-16/h4-5,8-10,12,15,21,23H,1-3,6-7,11,13-14H2,(H,22,24). The third-order valence-electron chi connectivity index (χ3n) is 6.21. The zero-order chi connectivity index (χ0) is 16.6. The average Bonchev–Trinajstić information content (AvgIpc) is 3.29. The van der Waals surface area contributed by atoms with Crippen LogP contribution in [0.2, 0.25) is 0 Å². The number of para-hydroxylation sites is 1. The predicted octanol–water partition coefficient (Wildman–Crippen LogP) is 4.57. The molecule has 1 saturated carbocycles. The van der Waals surface area contributed by atoms with E-state index >= 15 is 0 Å². The van der Waals surface area contributed by atoms with Crippen LogP contribution in [0.3, 0.4) is 0 Å². The van der Waals surface area contributed by atoms with Gasteiger partial charge >= 0.3 is 0 Å². The van der Waals surface area contributed by atoms with Gasteiger partial charge in [-0.15, -0.1) is 0 Å². The molecule has 2 N–H and O–H groups in total. The van der Waals surface area contributed by atoms with Crippen molar-refractivity contribution in [1.82, 2.24) is 20.1 Å². The van der Waals surface area contributed by atoms with Crippen molar-refractivity contribution in [3.05, 3.63) is 53.5 Å². The van der Waals surface area contributed by atoms with Crippen LogP contribution in [0.4, 0.5) is 0 Å². The first-order chi connectivity index (χ1) is 12.4. The van der Waals surface area contributed by atoms with Gasteiger partial charge in [0.2, 0.25) is 0 Å². The smallest absolute Gasteiger partial charge is 0.0533 e. The van der Waals surface area contributed by atoms with E-state index < -0.39 is 0 Å². The van der Waals surface area contributed by atoms with Gasteiger partial charge in [0.05, 0.1) is 6.04 Å². The van der Waals surface area contributed by atoms with Crippen LogP contribution in [0, 0.1) is 5.92 Å². The number of benzene rings is 1. The highest BCUT2D eigenvalue weighted by Gasteiger charge is 2.36. The Balaban J connectivity index is 1.56. The van der Waals surface area contributed by atoms with Gasteiger partial charge in [-0.25, -0.2) is 0 Å². The van der Waals surface area contributed by atoms with Gasteiger partial charge in [0, 0.05) is 41.6 Å². The first-order valence-electron chi connectivity index (χ1n) is 9.72. The van der Waals surface area contributed by atoms with Gasteiger partial charge in [0.1, 0.15) is 0 Å². The first-order valence-corrected chi connectivity index (χ1v) is 9.72. The molecule has 1 aromatic carbocycles. The van der Waals surface area contributed by atoms with Crippen molar-refractivity contribution in [3.8, 4) is 0 Å². The number of hydrogen-bond donors (Lipinski definition) is 2. The molecule has 1 fully saturated rings. The second-order valence-corrected chi connectivity index (χ2v) is 7.71. The van der Waals surface area contributed by atoms with Crippen LogP contribution in [-0.2, 0) is 13.0 Å². The summed E-state index contributed by atoms with van der Waals surface area (Å²) in [5.41, 5.74) is 5.57. The van der Waals surface area contributed by atoms with Crippen molar-refractivity contribution in [3.63, 3.8) is 0 Å².